The Morgan fingerprint density at radius 2 is 2.00 bits per heavy atom. The summed E-state index contributed by atoms with van der Waals surface area (Å²) in [7, 11) is 0. The Labute approximate surface area is 71.3 Å². The van der Waals surface area contributed by atoms with Crippen molar-refractivity contribution in [3.8, 4) is 5.75 Å². The minimum absolute atomic E-state index is 0.0365. The number of hydrogen-bond donors (Lipinski definition) is 1. The molecule has 0 unspecified atom stereocenters. The first-order valence-electron chi connectivity index (χ1n) is 3.94. The van der Waals surface area contributed by atoms with Gasteiger partial charge >= 0.3 is 0 Å². The highest BCUT2D eigenvalue weighted by Crippen LogP contribution is 2.10. The van der Waals surface area contributed by atoms with E-state index in [4.69, 9.17) is 5.11 Å². The number of nitrogens with zero attached hydrogens (tertiary/aromatic N) is 1. The number of hydrogen-bond acceptors (Lipinski definition) is 2. The third-order valence-corrected chi connectivity index (χ3v) is 1.76. The SMILES string of the molecule is Cc1cc(O)cc(=O)n1C(C)C. The minimum Gasteiger partial charge on any atom is -0.508 e. The molecule has 1 heterocycles. The molecule has 0 aliphatic rings. The fourth-order valence-electron chi connectivity index (χ4n) is 1.36. The van der Waals surface area contributed by atoms with Gasteiger partial charge in [0.05, 0.1) is 0 Å². The third kappa shape index (κ3) is 1.49. The predicted molar refractivity (Wildman–Crippen MR) is 47.5 cm³/mol. The molecule has 0 amide bonds. The zero-order chi connectivity index (χ0) is 9.30. The average molecular weight is 167 g/mol. The highest BCUT2D eigenvalue weighted by atomic mass is 16.3. The molecule has 12 heavy (non-hydrogen) atoms. The van der Waals surface area contributed by atoms with Crippen molar-refractivity contribution in [2.45, 2.75) is 26.8 Å². The van der Waals surface area contributed by atoms with Crippen molar-refractivity contribution in [1.29, 1.82) is 0 Å². The van der Waals surface area contributed by atoms with Crippen molar-refractivity contribution in [3.63, 3.8) is 0 Å². The number of aromatic nitrogens is 1. The maximum atomic E-state index is 11.3. The van der Waals surface area contributed by atoms with E-state index < -0.39 is 0 Å². The molecule has 0 spiro atoms. The van der Waals surface area contributed by atoms with Crippen molar-refractivity contribution >= 4 is 0 Å². The van der Waals surface area contributed by atoms with Gasteiger partial charge in [0, 0.05) is 17.8 Å². The minimum atomic E-state index is -0.150. The van der Waals surface area contributed by atoms with E-state index in [0.29, 0.717) is 0 Å². The molecule has 3 heteroatoms. The summed E-state index contributed by atoms with van der Waals surface area (Å²) in [4.78, 5) is 11.3. The van der Waals surface area contributed by atoms with Gasteiger partial charge in [-0.2, -0.15) is 0 Å². The molecule has 0 radical (unpaired) electrons. The molecule has 0 bridgehead atoms. The summed E-state index contributed by atoms with van der Waals surface area (Å²) in [6.45, 7) is 5.68. The van der Waals surface area contributed by atoms with E-state index in [2.05, 4.69) is 0 Å². The van der Waals surface area contributed by atoms with E-state index in [0.717, 1.165) is 5.69 Å². The average Bonchev–Trinajstić information content (AvgIpc) is 1.82. The molecule has 66 valence electrons. The number of aryl methyl sites for hydroxylation is 1. The van der Waals surface area contributed by atoms with Crippen LogP contribution in [0.1, 0.15) is 25.6 Å². The smallest absolute Gasteiger partial charge is 0.254 e. The lowest BCUT2D eigenvalue weighted by Crippen LogP contribution is -2.22. The number of pyridine rings is 1. The van der Waals surface area contributed by atoms with Crippen LogP contribution in [0.25, 0.3) is 0 Å². The molecule has 1 N–H and O–H groups in total. The van der Waals surface area contributed by atoms with E-state index in [1.54, 1.807) is 17.6 Å². The molecule has 0 saturated heterocycles. The maximum Gasteiger partial charge on any atom is 0.254 e. The van der Waals surface area contributed by atoms with Gasteiger partial charge in [-0.05, 0) is 26.8 Å². The summed E-state index contributed by atoms with van der Waals surface area (Å²) < 4.78 is 1.64. The van der Waals surface area contributed by atoms with Gasteiger partial charge in [-0.15, -0.1) is 0 Å². The Balaban J connectivity index is 3.39. The second-order valence-corrected chi connectivity index (χ2v) is 3.16. The second kappa shape index (κ2) is 3.01. The molecule has 1 aromatic heterocycles. The van der Waals surface area contributed by atoms with Crippen LogP contribution in [0, 0.1) is 6.92 Å². The van der Waals surface area contributed by atoms with Crippen LogP contribution in [0.2, 0.25) is 0 Å². The van der Waals surface area contributed by atoms with E-state index >= 15 is 0 Å². The summed E-state index contributed by atoms with van der Waals surface area (Å²) >= 11 is 0. The van der Waals surface area contributed by atoms with Crippen LogP contribution in [0.4, 0.5) is 0 Å². The van der Waals surface area contributed by atoms with Crippen molar-refractivity contribution in [1.82, 2.24) is 4.57 Å². The zero-order valence-electron chi connectivity index (χ0n) is 7.53. The van der Waals surface area contributed by atoms with Gasteiger partial charge in [-0.3, -0.25) is 4.79 Å². The fourth-order valence-corrected chi connectivity index (χ4v) is 1.36. The Kier molecular flexibility index (Phi) is 2.22. The highest BCUT2D eigenvalue weighted by molar-refractivity contribution is 5.21. The lowest BCUT2D eigenvalue weighted by molar-refractivity contribution is 0.465. The van der Waals surface area contributed by atoms with E-state index in [-0.39, 0.29) is 17.4 Å². The van der Waals surface area contributed by atoms with Gasteiger partial charge in [0.1, 0.15) is 5.75 Å². The first kappa shape index (κ1) is 8.84. The van der Waals surface area contributed by atoms with E-state index in [1.165, 1.54) is 6.07 Å². The number of aromatic hydroxyl groups is 1. The monoisotopic (exact) mass is 167 g/mol. The Morgan fingerprint density at radius 1 is 1.42 bits per heavy atom. The quantitative estimate of drug-likeness (QED) is 0.687. The summed E-state index contributed by atoms with van der Waals surface area (Å²) in [6, 6.07) is 2.95. The molecule has 0 aromatic carbocycles. The summed E-state index contributed by atoms with van der Waals surface area (Å²) in [5.41, 5.74) is 0.637. The summed E-state index contributed by atoms with van der Waals surface area (Å²) in [5.74, 6) is 0.0365. The molecule has 0 fully saturated rings. The fraction of sp³-hybridized carbons (Fsp3) is 0.444. The van der Waals surface area contributed by atoms with E-state index in [9.17, 15) is 4.79 Å². The lowest BCUT2D eigenvalue weighted by Gasteiger charge is -2.12. The highest BCUT2D eigenvalue weighted by Gasteiger charge is 2.04. The molecule has 0 aliphatic carbocycles. The first-order valence-corrected chi connectivity index (χ1v) is 3.94. The summed E-state index contributed by atoms with van der Waals surface area (Å²) in [5, 5.41) is 9.09. The van der Waals surface area contributed by atoms with Gasteiger partial charge in [-0.25, -0.2) is 0 Å². The van der Waals surface area contributed by atoms with Crippen LogP contribution in [0.15, 0.2) is 16.9 Å². The zero-order valence-corrected chi connectivity index (χ0v) is 7.53. The van der Waals surface area contributed by atoms with Crippen molar-refractivity contribution in [2.24, 2.45) is 0 Å². The molecule has 3 nitrogen and oxygen atoms in total. The Morgan fingerprint density at radius 3 is 2.42 bits per heavy atom. The van der Waals surface area contributed by atoms with Gasteiger partial charge in [0.25, 0.3) is 5.56 Å². The van der Waals surface area contributed by atoms with Crippen molar-refractivity contribution in [3.05, 3.63) is 28.2 Å². The lowest BCUT2D eigenvalue weighted by atomic mass is 10.3. The third-order valence-electron chi connectivity index (χ3n) is 1.76. The Hall–Kier alpha value is -1.25. The van der Waals surface area contributed by atoms with Crippen LogP contribution >= 0.6 is 0 Å². The van der Waals surface area contributed by atoms with Crippen LogP contribution in [-0.2, 0) is 0 Å². The van der Waals surface area contributed by atoms with Gasteiger partial charge in [-0.1, -0.05) is 0 Å². The molecule has 0 saturated carbocycles. The molecule has 0 aliphatic heterocycles. The Bertz CT molecular complexity index is 339. The van der Waals surface area contributed by atoms with Crippen molar-refractivity contribution < 1.29 is 5.11 Å². The normalized spacial score (nSPS) is 10.7. The molecule has 1 aromatic rings. The second-order valence-electron chi connectivity index (χ2n) is 3.16. The largest absolute Gasteiger partial charge is 0.508 e. The summed E-state index contributed by atoms with van der Waals surface area (Å²) in [6.07, 6.45) is 0. The van der Waals surface area contributed by atoms with Gasteiger partial charge in [0.15, 0.2) is 0 Å². The van der Waals surface area contributed by atoms with Crippen LogP contribution in [0.5, 0.6) is 5.75 Å². The van der Waals surface area contributed by atoms with Crippen molar-refractivity contribution in [2.75, 3.05) is 0 Å². The van der Waals surface area contributed by atoms with Gasteiger partial charge in [0.2, 0.25) is 0 Å². The molecule has 0 atom stereocenters. The van der Waals surface area contributed by atoms with E-state index in [1.807, 2.05) is 13.8 Å². The topological polar surface area (TPSA) is 42.2 Å². The molecular formula is C9H13NO2. The molecule has 1 rings (SSSR count). The molecular weight excluding hydrogens is 154 g/mol. The van der Waals surface area contributed by atoms with Gasteiger partial charge < -0.3 is 9.67 Å². The van der Waals surface area contributed by atoms with Crippen LogP contribution in [-0.4, -0.2) is 9.67 Å². The predicted octanol–water partition coefficient (Wildman–Crippen LogP) is 1.44. The standard InChI is InChI=1S/C9H13NO2/c1-6(2)10-7(3)4-8(11)5-9(10)12/h4-6,11H,1-3H3. The van der Waals surface area contributed by atoms with Crippen LogP contribution in [0.3, 0.4) is 0 Å². The van der Waals surface area contributed by atoms with Crippen LogP contribution < -0.4 is 5.56 Å². The maximum absolute atomic E-state index is 11.3. The number of rotatable bonds is 1. The first-order chi connectivity index (χ1) is 5.52.